The molecule has 0 radical (unpaired) electrons. The van der Waals surface area contributed by atoms with Crippen LogP contribution in [-0.4, -0.2) is 46.8 Å². The fourth-order valence-corrected chi connectivity index (χ4v) is 6.18. The molecule has 2 aliphatic rings. The molecule has 4 aromatic rings. The van der Waals surface area contributed by atoms with E-state index in [-0.39, 0.29) is 13.2 Å². The van der Waals surface area contributed by atoms with Crippen LogP contribution in [0.5, 0.6) is 23.0 Å². The van der Waals surface area contributed by atoms with E-state index in [0.717, 1.165) is 52.0 Å². The van der Waals surface area contributed by atoms with E-state index in [1.165, 1.54) is 6.20 Å². The summed E-state index contributed by atoms with van der Waals surface area (Å²) in [7, 11) is 0. The van der Waals surface area contributed by atoms with Gasteiger partial charge >= 0.3 is 5.97 Å². The summed E-state index contributed by atoms with van der Waals surface area (Å²) in [5.74, 6) is 1.80. The second-order valence-electron chi connectivity index (χ2n) is 11.5. The summed E-state index contributed by atoms with van der Waals surface area (Å²) in [5, 5.41) is 19.7. The predicted molar refractivity (Wildman–Crippen MR) is 172 cm³/mol. The summed E-state index contributed by atoms with van der Waals surface area (Å²) in [6.07, 6.45) is 5.61. The van der Waals surface area contributed by atoms with Gasteiger partial charge in [-0.3, -0.25) is 14.7 Å². The Morgan fingerprint density at radius 2 is 1.85 bits per heavy atom. The van der Waals surface area contributed by atoms with Gasteiger partial charge in [-0.05, 0) is 61.7 Å². The molecule has 3 aromatic carbocycles. The smallest absolute Gasteiger partial charge is 0.320 e. The highest BCUT2D eigenvalue weighted by Gasteiger charge is 2.29. The number of aryl methyl sites for hydroxylation is 1. The van der Waals surface area contributed by atoms with E-state index in [9.17, 15) is 15.2 Å². The molecule has 1 saturated heterocycles. The third-order valence-corrected chi connectivity index (χ3v) is 8.71. The summed E-state index contributed by atoms with van der Waals surface area (Å²) in [6.45, 7) is 4.51. The molecular formula is C36H34ClN3O6. The molecule has 3 heterocycles. The molecule has 46 heavy (non-hydrogen) atoms. The SMILES string of the molecule is Cc1cc(CN2CCCC[C@@H]2C(=O)O)c(OCc2cncc(C#N)c2)cc1OCc1cccc(-c2ccc3c(c2)OCCO3)c1Cl. The summed E-state index contributed by atoms with van der Waals surface area (Å²) in [4.78, 5) is 18.1. The Morgan fingerprint density at radius 1 is 1.02 bits per heavy atom. The minimum atomic E-state index is -0.811. The number of likely N-dealkylation sites (tertiary alicyclic amines) is 1. The highest BCUT2D eigenvalue weighted by molar-refractivity contribution is 6.34. The van der Waals surface area contributed by atoms with Gasteiger partial charge in [0.2, 0.25) is 0 Å². The molecule has 0 amide bonds. The van der Waals surface area contributed by atoms with Crippen molar-refractivity contribution in [3.63, 3.8) is 0 Å². The minimum Gasteiger partial charge on any atom is -0.488 e. The number of rotatable bonds is 10. The van der Waals surface area contributed by atoms with Crippen molar-refractivity contribution in [3.8, 4) is 40.2 Å². The number of aromatic nitrogens is 1. The van der Waals surface area contributed by atoms with Gasteiger partial charge in [-0.2, -0.15) is 5.26 Å². The summed E-state index contributed by atoms with van der Waals surface area (Å²) in [5.41, 5.74) is 5.54. The summed E-state index contributed by atoms with van der Waals surface area (Å²) in [6, 6.07) is 18.8. The number of hydrogen-bond acceptors (Lipinski definition) is 8. The number of benzene rings is 3. The van der Waals surface area contributed by atoms with E-state index in [1.54, 1.807) is 12.3 Å². The number of carbonyl (C=O) groups is 1. The van der Waals surface area contributed by atoms with Gasteiger partial charge in [0.05, 0.1) is 10.6 Å². The van der Waals surface area contributed by atoms with Crippen LogP contribution in [0.2, 0.25) is 5.02 Å². The zero-order valence-corrected chi connectivity index (χ0v) is 26.3. The van der Waals surface area contributed by atoms with Crippen LogP contribution in [0.3, 0.4) is 0 Å². The lowest BCUT2D eigenvalue weighted by Gasteiger charge is -2.33. The van der Waals surface area contributed by atoms with Crippen LogP contribution >= 0.6 is 11.6 Å². The molecule has 10 heteroatoms. The van der Waals surface area contributed by atoms with Crippen LogP contribution in [0.4, 0.5) is 0 Å². The standard InChI is InChI=1S/C36H34ClN3O6/c1-23-13-28(20-40-10-3-2-7-30(40)36(41)42)33(45-21-25-14-24(17-38)18-39-19-25)16-32(23)46-22-27-5-4-6-29(35(27)37)26-8-9-31-34(15-26)44-12-11-43-31/h4-6,8-9,13-16,18-19,30H,2-3,7,10-12,20-22H2,1H3,(H,41,42)/t30-/m1/s1. The van der Waals surface area contributed by atoms with E-state index >= 15 is 0 Å². The highest BCUT2D eigenvalue weighted by Crippen LogP contribution is 2.39. The van der Waals surface area contributed by atoms with Gasteiger partial charge in [0.1, 0.15) is 50.0 Å². The number of carboxylic acids is 1. The Hall–Kier alpha value is -4.78. The number of fused-ring (bicyclic) bond motifs is 1. The highest BCUT2D eigenvalue weighted by atomic mass is 35.5. The first-order valence-corrected chi connectivity index (χ1v) is 15.6. The maximum absolute atomic E-state index is 12.0. The molecule has 9 nitrogen and oxygen atoms in total. The van der Waals surface area contributed by atoms with E-state index < -0.39 is 12.0 Å². The maximum atomic E-state index is 12.0. The molecule has 0 saturated carbocycles. The zero-order valence-electron chi connectivity index (χ0n) is 25.5. The molecule has 0 bridgehead atoms. The number of hydrogen-bond donors (Lipinski definition) is 1. The second kappa shape index (κ2) is 14.1. The van der Waals surface area contributed by atoms with E-state index in [4.69, 9.17) is 30.5 Å². The molecule has 0 spiro atoms. The average Bonchev–Trinajstić information content (AvgIpc) is 3.08. The summed E-state index contributed by atoms with van der Waals surface area (Å²) < 4.78 is 24.1. The van der Waals surface area contributed by atoms with Gasteiger partial charge < -0.3 is 24.1 Å². The lowest BCUT2D eigenvalue weighted by atomic mass is 10.0. The number of aliphatic carboxylic acids is 1. The van der Waals surface area contributed by atoms with Gasteiger partial charge in [0.15, 0.2) is 11.5 Å². The van der Waals surface area contributed by atoms with Crippen molar-refractivity contribution in [1.29, 1.82) is 5.26 Å². The lowest BCUT2D eigenvalue weighted by molar-refractivity contribution is -0.144. The lowest BCUT2D eigenvalue weighted by Crippen LogP contribution is -2.44. The molecule has 1 atom stereocenters. The molecule has 0 unspecified atom stereocenters. The number of carboxylic acid groups (broad SMARTS) is 1. The first-order valence-electron chi connectivity index (χ1n) is 15.3. The third kappa shape index (κ3) is 7.04. The van der Waals surface area contributed by atoms with Crippen LogP contribution < -0.4 is 18.9 Å². The molecule has 2 aliphatic heterocycles. The van der Waals surface area contributed by atoms with Crippen molar-refractivity contribution in [1.82, 2.24) is 9.88 Å². The van der Waals surface area contributed by atoms with Crippen molar-refractivity contribution in [2.45, 2.75) is 52.0 Å². The first-order chi connectivity index (χ1) is 22.4. The first kappa shape index (κ1) is 31.2. The zero-order chi connectivity index (χ0) is 32.0. The Labute approximate surface area is 272 Å². The topological polar surface area (TPSA) is 114 Å². The van der Waals surface area contributed by atoms with Gasteiger partial charge in [0, 0.05) is 47.3 Å². The van der Waals surface area contributed by atoms with Crippen molar-refractivity contribution in [3.05, 3.63) is 99.8 Å². The van der Waals surface area contributed by atoms with Crippen molar-refractivity contribution in [2.24, 2.45) is 0 Å². The number of pyridine rings is 1. The number of ether oxygens (including phenoxy) is 4. The van der Waals surface area contributed by atoms with Crippen LogP contribution in [0.1, 0.15) is 47.1 Å². The number of halogens is 1. The van der Waals surface area contributed by atoms with Gasteiger partial charge in [-0.1, -0.05) is 42.3 Å². The maximum Gasteiger partial charge on any atom is 0.320 e. The van der Waals surface area contributed by atoms with Crippen LogP contribution in [0, 0.1) is 18.3 Å². The van der Waals surface area contributed by atoms with Crippen LogP contribution in [0.25, 0.3) is 11.1 Å². The molecule has 6 rings (SSSR count). The Balaban J connectivity index is 1.25. The van der Waals surface area contributed by atoms with Gasteiger partial charge in [-0.15, -0.1) is 0 Å². The van der Waals surface area contributed by atoms with Crippen molar-refractivity contribution in [2.75, 3.05) is 19.8 Å². The minimum absolute atomic E-state index is 0.184. The van der Waals surface area contributed by atoms with E-state index in [0.29, 0.717) is 60.6 Å². The third-order valence-electron chi connectivity index (χ3n) is 8.26. The fraction of sp³-hybridized carbons (Fsp3) is 0.306. The quantitative estimate of drug-likeness (QED) is 0.197. The summed E-state index contributed by atoms with van der Waals surface area (Å²) >= 11 is 6.92. The molecule has 1 fully saturated rings. The molecule has 0 aliphatic carbocycles. The van der Waals surface area contributed by atoms with Crippen LogP contribution in [-0.2, 0) is 24.6 Å². The Kier molecular flexibility index (Phi) is 9.57. The second-order valence-corrected chi connectivity index (χ2v) is 11.8. The Bertz CT molecular complexity index is 1790. The van der Waals surface area contributed by atoms with E-state index in [1.807, 2.05) is 60.4 Å². The predicted octanol–water partition coefficient (Wildman–Crippen LogP) is 6.95. The number of nitriles is 1. The molecule has 1 N–H and O–H groups in total. The van der Waals surface area contributed by atoms with Crippen LogP contribution in [0.15, 0.2) is 67.0 Å². The number of piperidine rings is 1. The van der Waals surface area contributed by atoms with Gasteiger partial charge in [0.25, 0.3) is 0 Å². The normalized spacial score (nSPS) is 16.0. The van der Waals surface area contributed by atoms with Gasteiger partial charge in [-0.25, -0.2) is 0 Å². The average molecular weight is 640 g/mol. The largest absolute Gasteiger partial charge is 0.488 e. The van der Waals surface area contributed by atoms with E-state index in [2.05, 4.69) is 11.1 Å². The monoisotopic (exact) mass is 639 g/mol. The molecule has 236 valence electrons. The molecular weight excluding hydrogens is 606 g/mol. The fourth-order valence-electron chi connectivity index (χ4n) is 5.89. The number of nitrogens with zero attached hydrogens (tertiary/aromatic N) is 3. The Morgan fingerprint density at radius 3 is 2.67 bits per heavy atom. The van der Waals surface area contributed by atoms with Crippen molar-refractivity contribution < 1.29 is 28.8 Å². The van der Waals surface area contributed by atoms with Crippen molar-refractivity contribution >= 4 is 17.6 Å². The molecule has 1 aromatic heterocycles.